The molecule has 0 saturated heterocycles. The van der Waals surface area contributed by atoms with Gasteiger partial charge in [-0.3, -0.25) is 9.48 Å². The first-order valence-corrected chi connectivity index (χ1v) is 6.18. The monoisotopic (exact) mass is 274 g/mol. The Morgan fingerprint density at radius 3 is 2.85 bits per heavy atom. The van der Waals surface area contributed by atoms with Crippen LogP contribution in [0.1, 0.15) is 15.9 Å². The molecule has 0 unspecified atom stereocenters. The van der Waals surface area contributed by atoms with E-state index in [9.17, 15) is 4.79 Å². The van der Waals surface area contributed by atoms with Crippen LogP contribution in [0.3, 0.4) is 0 Å². The van der Waals surface area contributed by atoms with E-state index in [4.69, 9.17) is 10.5 Å². The molecule has 1 heterocycles. The van der Waals surface area contributed by atoms with E-state index in [0.29, 0.717) is 23.5 Å². The van der Waals surface area contributed by atoms with Gasteiger partial charge in [-0.15, -0.1) is 0 Å². The largest absolute Gasteiger partial charge is 0.495 e. The summed E-state index contributed by atoms with van der Waals surface area (Å²) in [6.45, 7) is 0.476. The molecule has 20 heavy (non-hydrogen) atoms. The number of aryl methyl sites for hydroxylation is 1. The van der Waals surface area contributed by atoms with Crippen LogP contribution in [0.25, 0.3) is 0 Å². The van der Waals surface area contributed by atoms with Crippen molar-refractivity contribution in [2.24, 2.45) is 7.05 Å². The quantitative estimate of drug-likeness (QED) is 0.852. The second-order valence-electron chi connectivity index (χ2n) is 4.60. The third-order valence-corrected chi connectivity index (χ3v) is 3.04. The smallest absolute Gasteiger partial charge is 0.256 e. The summed E-state index contributed by atoms with van der Waals surface area (Å²) in [5, 5.41) is 4.08. The minimum Gasteiger partial charge on any atom is -0.495 e. The van der Waals surface area contributed by atoms with Gasteiger partial charge in [-0.2, -0.15) is 5.10 Å². The molecular formula is C14H18N4O2. The maximum Gasteiger partial charge on any atom is 0.256 e. The molecular weight excluding hydrogens is 256 g/mol. The highest BCUT2D eigenvalue weighted by atomic mass is 16.5. The molecule has 1 aromatic heterocycles. The highest BCUT2D eigenvalue weighted by molar-refractivity contribution is 6.00. The van der Waals surface area contributed by atoms with E-state index < -0.39 is 0 Å². The Bertz CT molecular complexity index is 621. The van der Waals surface area contributed by atoms with Crippen molar-refractivity contribution in [3.8, 4) is 5.75 Å². The number of nitrogens with two attached hydrogens (primary N) is 1. The van der Waals surface area contributed by atoms with Crippen LogP contribution in [0.5, 0.6) is 5.75 Å². The zero-order valence-electron chi connectivity index (χ0n) is 11.8. The van der Waals surface area contributed by atoms with E-state index in [2.05, 4.69) is 5.10 Å². The third kappa shape index (κ3) is 2.74. The number of hydrogen-bond acceptors (Lipinski definition) is 4. The molecule has 106 valence electrons. The zero-order chi connectivity index (χ0) is 14.7. The van der Waals surface area contributed by atoms with Crippen molar-refractivity contribution in [2.45, 2.75) is 6.54 Å². The molecule has 2 aromatic rings. The van der Waals surface area contributed by atoms with E-state index in [1.54, 1.807) is 41.0 Å². The van der Waals surface area contributed by atoms with Crippen LogP contribution in [0.15, 0.2) is 30.6 Å². The molecule has 0 aliphatic heterocycles. The summed E-state index contributed by atoms with van der Waals surface area (Å²) in [5.74, 6) is 0.357. The number of carbonyl (C=O) groups excluding carboxylic acids is 1. The number of methoxy groups -OCH3 is 1. The first-order valence-electron chi connectivity index (χ1n) is 6.18. The predicted molar refractivity (Wildman–Crippen MR) is 76.4 cm³/mol. The van der Waals surface area contributed by atoms with Gasteiger partial charge in [-0.1, -0.05) is 6.07 Å². The highest BCUT2D eigenvalue weighted by Gasteiger charge is 2.17. The second kappa shape index (κ2) is 5.64. The maximum atomic E-state index is 12.4. The number of hydrogen-bond donors (Lipinski definition) is 1. The first kappa shape index (κ1) is 13.9. The summed E-state index contributed by atoms with van der Waals surface area (Å²) in [6, 6.07) is 5.17. The summed E-state index contributed by atoms with van der Waals surface area (Å²) < 4.78 is 6.83. The fourth-order valence-electron chi connectivity index (χ4n) is 2.01. The topological polar surface area (TPSA) is 73.4 Å². The molecule has 2 rings (SSSR count). The van der Waals surface area contributed by atoms with Crippen LogP contribution in [0, 0.1) is 0 Å². The average molecular weight is 274 g/mol. The number of aromatic nitrogens is 2. The molecule has 1 amide bonds. The van der Waals surface area contributed by atoms with E-state index in [0.717, 1.165) is 5.56 Å². The normalized spacial score (nSPS) is 10.3. The van der Waals surface area contributed by atoms with Gasteiger partial charge >= 0.3 is 0 Å². The lowest BCUT2D eigenvalue weighted by Crippen LogP contribution is -2.27. The number of carbonyl (C=O) groups is 1. The minimum atomic E-state index is -0.148. The lowest BCUT2D eigenvalue weighted by atomic mass is 10.1. The van der Waals surface area contributed by atoms with Gasteiger partial charge in [0.2, 0.25) is 0 Å². The van der Waals surface area contributed by atoms with Crippen molar-refractivity contribution in [1.29, 1.82) is 0 Å². The fraction of sp³-hybridized carbons (Fsp3) is 0.286. The van der Waals surface area contributed by atoms with Gasteiger partial charge < -0.3 is 15.4 Å². The van der Waals surface area contributed by atoms with Gasteiger partial charge in [0, 0.05) is 32.4 Å². The summed E-state index contributed by atoms with van der Waals surface area (Å²) in [7, 11) is 5.10. The molecule has 0 radical (unpaired) electrons. The van der Waals surface area contributed by atoms with E-state index in [-0.39, 0.29) is 5.91 Å². The van der Waals surface area contributed by atoms with E-state index in [1.165, 1.54) is 7.11 Å². The van der Waals surface area contributed by atoms with Gasteiger partial charge in [0.05, 0.1) is 24.6 Å². The van der Waals surface area contributed by atoms with Crippen molar-refractivity contribution < 1.29 is 9.53 Å². The zero-order valence-corrected chi connectivity index (χ0v) is 11.8. The number of para-hydroxylation sites is 1. The standard InChI is InChI=1S/C14H18N4O2/c1-17(8-10-7-16-18(2)9-10)14(19)11-5-4-6-12(20-3)13(11)15/h4-7,9H,8,15H2,1-3H3. The van der Waals surface area contributed by atoms with Crippen LogP contribution in [-0.4, -0.2) is 34.7 Å². The number of amides is 1. The Labute approximate surface area is 117 Å². The molecule has 0 spiro atoms. The van der Waals surface area contributed by atoms with Gasteiger partial charge in [0.15, 0.2) is 0 Å². The van der Waals surface area contributed by atoms with Crippen LogP contribution in [-0.2, 0) is 13.6 Å². The summed E-state index contributed by atoms with van der Waals surface area (Å²) in [5.41, 5.74) is 7.70. The SMILES string of the molecule is COc1cccc(C(=O)N(C)Cc2cnn(C)c2)c1N. The fourth-order valence-corrected chi connectivity index (χ4v) is 2.01. The summed E-state index contributed by atoms with van der Waals surface area (Å²) in [4.78, 5) is 14.0. The van der Waals surface area contributed by atoms with Crippen LogP contribution < -0.4 is 10.5 Å². The van der Waals surface area contributed by atoms with E-state index in [1.807, 2.05) is 13.2 Å². The molecule has 0 atom stereocenters. The molecule has 0 fully saturated rings. The lowest BCUT2D eigenvalue weighted by Gasteiger charge is -2.18. The molecule has 0 aliphatic rings. The average Bonchev–Trinajstić information content (AvgIpc) is 2.83. The molecule has 6 heteroatoms. The molecule has 0 bridgehead atoms. The Morgan fingerprint density at radius 2 is 2.25 bits per heavy atom. The van der Waals surface area contributed by atoms with Crippen LogP contribution in [0.4, 0.5) is 5.69 Å². The highest BCUT2D eigenvalue weighted by Crippen LogP contribution is 2.25. The molecule has 2 N–H and O–H groups in total. The third-order valence-electron chi connectivity index (χ3n) is 3.04. The number of benzene rings is 1. The second-order valence-corrected chi connectivity index (χ2v) is 4.60. The van der Waals surface area contributed by atoms with Crippen molar-refractivity contribution in [2.75, 3.05) is 19.9 Å². The number of rotatable bonds is 4. The first-order chi connectivity index (χ1) is 9.52. The molecule has 0 aliphatic carbocycles. The van der Waals surface area contributed by atoms with Gasteiger partial charge in [0.1, 0.15) is 5.75 Å². The van der Waals surface area contributed by atoms with Crippen LogP contribution in [0.2, 0.25) is 0 Å². The Balaban J connectivity index is 2.18. The molecule has 0 saturated carbocycles. The van der Waals surface area contributed by atoms with Gasteiger partial charge in [-0.05, 0) is 12.1 Å². The Hall–Kier alpha value is -2.50. The van der Waals surface area contributed by atoms with E-state index >= 15 is 0 Å². The van der Waals surface area contributed by atoms with Crippen molar-refractivity contribution in [3.63, 3.8) is 0 Å². The van der Waals surface area contributed by atoms with Gasteiger partial charge in [-0.25, -0.2) is 0 Å². The number of ether oxygens (including phenoxy) is 1. The van der Waals surface area contributed by atoms with Crippen molar-refractivity contribution >= 4 is 11.6 Å². The number of nitrogens with zero attached hydrogens (tertiary/aromatic N) is 3. The molecule has 1 aromatic carbocycles. The maximum absolute atomic E-state index is 12.4. The lowest BCUT2D eigenvalue weighted by molar-refractivity contribution is 0.0786. The predicted octanol–water partition coefficient (Wildman–Crippen LogP) is 1.28. The van der Waals surface area contributed by atoms with Crippen LogP contribution >= 0.6 is 0 Å². The van der Waals surface area contributed by atoms with Crippen molar-refractivity contribution in [3.05, 3.63) is 41.7 Å². The number of nitrogen functional groups attached to an aromatic ring is 1. The Kier molecular flexibility index (Phi) is 3.93. The summed E-state index contributed by atoms with van der Waals surface area (Å²) in [6.07, 6.45) is 3.61. The van der Waals surface area contributed by atoms with Crippen molar-refractivity contribution in [1.82, 2.24) is 14.7 Å². The summed E-state index contributed by atoms with van der Waals surface area (Å²) >= 11 is 0. The molecule has 6 nitrogen and oxygen atoms in total. The Morgan fingerprint density at radius 1 is 1.50 bits per heavy atom. The minimum absolute atomic E-state index is 0.148. The number of anilines is 1. The van der Waals surface area contributed by atoms with Gasteiger partial charge in [0.25, 0.3) is 5.91 Å².